The Labute approximate surface area is 166 Å². The summed E-state index contributed by atoms with van der Waals surface area (Å²) >= 11 is 0. The second-order valence-electron chi connectivity index (χ2n) is 7.41. The summed E-state index contributed by atoms with van der Waals surface area (Å²) in [5.74, 6) is -0.170. The number of carbonyl (C=O) groups excluding carboxylic acids is 2. The summed E-state index contributed by atoms with van der Waals surface area (Å²) in [5, 5.41) is 9.97. The normalized spacial score (nSPS) is 13.2. The molecule has 0 spiro atoms. The van der Waals surface area contributed by atoms with Crippen molar-refractivity contribution in [3.63, 3.8) is 0 Å². The van der Waals surface area contributed by atoms with Crippen LogP contribution in [0.2, 0.25) is 0 Å². The van der Waals surface area contributed by atoms with E-state index in [9.17, 15) is 9.59 Å². The highest BCUT2D eigenvalue weighted by Crippen LogP contribution is 2.20. The number of nitrogens with one attached hydrogen (secondary N) is 3. The lowest BCUT2D eigenvalue weighted by Crippen LogP contribution is -2.50. The Kier molecular flexibility index (Phi) is 8.19. The monoisotopic (exact) mass is 385 g/mol. The number of rotatable bonds is 10. The quantitative estimate of drug-likeness (QED) is 0.468. The molecule has 5 N–H and O–H groups in total. The molecule has 0 aliphatic heterocycles. The van der Waals surface area contributed by atoms with Crippen molar-refractivity contribution in [3.8, 4) is 0 Å². The molecular weight excluding hydrogens is 354 g/mol. The molecule has 2 amide bonds. The fourth-order valence-electron chi connectivity index (χ4n) is 2.93. The van der Waals surface area contributed by atoms with Gasteiger partial charge >= 0.3 is 0 Å². The Morgan fingerprint density at radius 3 is 2.57 bits per heavy atom. The molecule has 0 saturated carbocycles. The Bertz CT molecular complexity index is 788. The molecule has 7 nitrogen and oxygen atoms in total. The van der Waals surface area contributed by atoms with Crippen LogP contribution in [0.15, 0.2) is 36.5 Å². The van der Waals surface area contributed by atoms with Crippen molar-refractivity contribution in [1.82, 2.24) is 15.6 Å². The van der Waals surface area contributed by atoms with Gasteiger partial charge in [-0.15, -0.1) is 0 Å². The average molecular weight is 386 g/mol. The minimum absolute atomic E-state index is 0.209. The molecular formula is C21H31N5O2. The highest BCUT2D eigenvalue weighted by molar-refractivity contribution is 5.91. The van der Waals surface area contributed by atoms with Gasteiger partial charge in [-0.05, 0) is 37.8 Å². The summed E-state index contributed by atoms with van der Waals surface area (Å²) in [5.41, 5.74) is 7.81. The highest BCUT2D eigenvalue weighted by atomic mass is 16.2. The lowest BCUT2D eigenvalue weighted by atomic mass is 10.0. The molecule has 1 heterocycles. The number of pyridine rings is 1. The number of para-hydroxylation sites is 1. The van der Waals surface area contributed by atoms with Gasteiger partial charge in [0.1, 0.15) is 6.04 Å². The number of hydrogen-bond donors (Lipinski definition) is 4. The van der Waals surface area contributed by atoms with E-state index in [0.29, 0.717) is 25.4 Å². The predicted octanol–water partition coefficient (Wildman–Crippen LogP) is 2.03. The molecule has 1 aromatic carbocycles. The summed E-state index contributed by atoms with van der Waals surface area (Å²) in [6, 6.07) is 8.70. The standard InChI is InChI=1S/C21H31N5O2/c1-14(2)13-17(22)21(28)26-15(3)20(27)25-11-6-10-23-19-9-12-24-18-8-5-4-7-16(18)19/h4-5,7-9,12,14-15,17H,6,10-11,13,22H2,1-3H3,(H,23,24)(H,25,27)(H,26,28)/t15-,17-/m0/s1. The number of aromatic nitrogens is 1. The van der Waals surface area contributed by atoms with Crippen molar-refractivity contribution in [3.05, 3.63) is 36.5 Å². The maximum atomic E-state index is 12.1. The van der Waals surface area contributed by atoms with Gasteiger partial charge in [-0.3, -0.25) is 14.6 Å². The van der Waals surface area contributed by atoms with E-state index in [1.807, 2.05) is 44.2 Å². The zero-order valence-corrected chi connectivity index (χ0v) is 16.9. The minimum Gasteiger partial charge on any atom is -0.384 e. The van der Waals surface area contributed by atoms with E-state index < -0.39 is 12.1 Å². The average Bonchev–Trinajstić information content (AvgIpc) is 2.67. The van der Waals surface area contributed by atoms with Crippen LogP contribution in [0.4, 0.5) is 5.69 Å². The molecule has 2 atom stereocenters. The van der Waals surface area contributed by atoms with Crippen LogP contribution in [0.1, 0.15) is 33.6 Å². The first-order chi connectivity index (χ1) is 13.4. The summed E-state index contributed by atoms with van der Waals surface area (Å²) in [6.45, 7) is 6.91. The van der Waals surface area contributed by atoms with Crippen molar-refractivity contribution >= 4 is 28.4 Å². The van der Waals surface area contributed by atoms with E-state index >= 15 is 0 Å². The number of nitrogens with two attached hydrogens (primary N) is 1. The van der Waals surface area contributed by atoms with Gasteiger partial charge in [0.15, 0.2) is 0 Å². The predicted molar refractivity (Wildman–Crippen MR) is 113 cm³/mol. The number of fused-ring (bicyclic) bond motifs is 1. The zero-order valence-electron chi connectivity index (χ0n) is 16.9. The van der Waals surface area contributed by atoms with Gasteiger partial charge in [-0.2, -0.15) is 0 Å². The molecule has 0 bridgehead atoms. The van der Waals surface area contributed by atoms with Gasteiger partial charge in [0.05, 0.1) is 11.6 Å². The zero-order chi connectivity index (χ0) is 20.5. The molecule has 0 radical (unpaired) electrons. The van der Waals surface area contributed by atoms with E-state index in [1.54, 1.807) is 13.1 Å². The number of benzene rings is 1. The largest absolute Gasteiger partial charge is 0.384 e. The van der Waals surface area contributed by atoms with Gasteiger partial charge in [-0.25, -0.2) is 0 Å². The smallest absolute Gasteiger partial charge is 0.242 e. The number of amides is 2. The molecule has 7 heteroatoms. The first-order valence-corrected chi connectivity index (χ1v) is 9.79. The van der Waals surface area contributed by atoms with Gasteiger partial charge < -0.3 is 21.7 Å². The molecule has 28 heavy (non-hydrogen) atoms. The van der Waals surface area contributed by atoms with Crippen LogP contribution in [0.5, 0.6) is 0 Å². The lowest BCUT2D eigenvalue weighted by molar-refractivity contribution is -0.129. The fourth-order valence-corrected chi connectivity index (χ4v) is 2.93. The first kappa shape index (κ1) is 21.6. The molecule has 152 valence electrons. The Hall–Kier alpha value is -2.67. The van der Waals surface area contributed by atoms with E-state index in [0.717, 1.165) is 23.0 Å². The third kappa shape index (κ3) is 6.49. The molecule has 1 aromatic heterocycles. The van der Waals surface area contributed by atoms with E-state index in [-0.39, 0.29) is 11.8 Å². The summed E-state index contributed by atoms with van der Waals surface area (Å²) in [4.78, 5) is 28.5. The van der Waals surface area contributed by atoms with E-state index in [4.69, 9.17) is 5.73 Å². The Morgan fingerprint density at radius 2 is 1.82 bits per heavy atom. The topological polar surface area (TPSA) is 109 Å². The molecule has 0 fully saturated rings. The van der Waals surface area contributed by atoms with Gasteiger partial charge in [0.2, 0.25) is 11.8 Å². The Morgan fingerprint density at radius 1 is 1.07 bits per heavy atom. The second-order valence-corrected chi connectivity index (χ2v) is 7.41. The van der Waals surface area contributed by atoms with Crippen LogP contribution in [0.3, 0.4) is 0 Å². The van der Waals surface area contributed by atoms with Crippen LogP contribution < -0.4 is 21.7 Å². The van der Waals surface area contributed by atoms with Crippen molar-refractivity contribution in [2.45, 2.75) is 45.7 Å². The number of carbonyl (C=O) groups is 2. The third-order valence-electron chi connectivity index (χ3n) is 4.43. The maximum absolute atomic E-state index is 12.1. The molecule has 0 unspecified atom stereocenters. The number of anilines is 1. The van der Waals surface area contributed by atoms with Crippen molar-refractivity contribution in [2.24, 2.45) is 11.7 Å². The molecule has 0 aliphatic carbocycles. The summed E-state index contributed by atoms with van der Waals surface area (Å²) in [7, 11) is 0. The summed E-state index contributed by atoms with van der Waals surface area (Å²) in [6.07, 6.45) is 3.13. The van der Waals surface area contributed by atoms with Gasteiger partial charge in [0, 0.05) is 30.4 Å². The summed E-state index contributed by atoms with van der Waals surface area (Å²) < 4.78 is 0. The van der Waals surface area contributed by atoms with Gasteiger partial charge in [0.25, 0.3) is 0 Å². The molecule has 0 aliphatic rings. The molecule has 2 aromatic rings. The highest BCUT2D eigenvalue weighted by Gasteiger charge is 2.20. The van der Waals surface area contributed by atoms with Crippen molar-refractivity contribution in [2.75, 3.05) is 18.4 Å². The van der Waals surface area contributed by atoms with Crippen LogP contribution in [0, 0.1) is 5.92 Å². The lowest BCUT2D eigenvalue weighted by Gasteiger charge is -2.18. The maximum Gasteiger partial charge on any atom is 0.242 e. The molecule has 0 saturated heterocycles. The van der Waals surface area contributed by atoms with E-state index in [2.05, 4.69) is 20.9 Å². The molecule has 2 rings (SSSR count). The van der Waals surface area contributed by atoms with Crippen LogP contribution in [0.25, 0.3) is 10.9 Å². The van der Waals surface area contributed by atoms with Gasteiger partial charge in [-0.1, -0.05) is 32.0 Å². The van der Waals surface area contributed by atoms with Crippen molar-refractivity contribution in [1.29, 1.82) is 0 Å². The van der Waals surface area contributed by atoms with Crippen LogP contribution >= 0.6 is 0 Å². The van der Waals surface area contributed by atoms with Crippen molar-refractivity contribution < 1.29 is 9.59 Å². The first-order valence-electron chi connectivity index (χ1n) is 9.79. The minimum atomic E-state index is -0.609. The SMILES string of the molecule is CC(C)C[C@H](N)C(=O)N[C@@H](C)C(=O)NCCCNc1ccnc2ccccc12. The third-order valence-corrected chi connectivity index (χ3v) is 4.43. The number of hydrogen-bond acceptors (Lipinski definition) is 5. The number of nitrogens with zero attached hydrogens (tertiary/aromatic N) is 1. The van der Waals surface area contributed by atoms with Crippen LogP contribution in [-0.4, -0.2) is 42.0 Å². The Balaban J connectivity index is 1.70. The second kappa shape index (κ2) is 10.6. The van der Waals surface area contributed by atoms with E-state index in [1.165, 1.54) is 0 Å². The van der Waals surface area contributed by atoms with Crippen LogP contribution in [-0.2, 0) is 9.59 Å². The fraction of sp³-hybridized carbons (Fsp3) is 0.476.